The highest BCUT2D eigenvalue weighted by molar-refractivity contribution is 5.96. The highest BCUT2D eigenvalue weighted by Crippen LogP contribution is 2.04. The number of ketones is 1. The van der Waals surface area contributed by atoms with Gasteiger partial charge in [-0.05, 0) is 13.3 Å². The molecule has 4 heteroatoms. The molecule has 0 aromatic carbocycles. The van der Waals surface area contributed by atoms with E-state index in [1.165, 1.54) is 11.5 Å². The second-order valence-electron chi connectivity index (χ2n) is 4.00. The Morgan fingerprint density at radius 1 is 1.53 bits per heavy atom. The van der Waals surface area contributed by atoms with E-state index in [2.05, 4.69) is 6.58 Å². The second-order valence-corrected chi connectivity index (χ2v) is 4.00. The third kappa shape index (κ3) is 2.30. The minimum Gasteiger partial charge on any atom is -0.506 e. The van der Waals surface area contributed by atoms with Gasteiger partial charge < -0.3 is 9.67 Å². The van der Waals surface area contributed by atoms with E-state index in [4.69, 9.17) is 0 Å². The van der Waals surface area contributed by atoms with Gasteiger partial charge in [0.15, 0.2) is 5.78 Å². The molecule has 0 unspecified atom stereocenters. The molecule has 0 saturated heterocycles. The summed E-state index contributed by atoms with van der Waals surface area (Å²) in [5, 5.41) is 10.7. The summed E-state index contributed by atoms with van der Waals surface area (Å²) < 4.78 is 1.36. The van der Waals surface area contributed by atoms with Crippen LogP contribution in [-0.2, 0) is 7.05 Å². The van der Waals surface area contributed by atoms with Crippen molar-refractivity contribution >= 4 is 18.4 Å². The fourth-order valence-electron chi connectivity index (χ4n) is 1.71. The molecule has 17 heavy (non-hydrogen) atoms. The summed E-state index contributed by atoms with van der Waals surface area (Å²) in [6, 6.07) is 0. The Morgan fingerprint density at radius 2 is 2.12 bits per heavy atom. The van der Waals surface area contributed by atoms with Crippen molar-refractivity contribution in [1.82, 2.24) is 4.57 Å². The number of carbonyl (C=O) groups excluding carboxylic acids is 1. The van der Waals surface area contributed by atoms with Crippen LogP contribution in [-0.4, -0.2) is 15.5 Å². The molecule has 0 fully saturated rings. The predicted octanol–water partition coefficient (Wildman–Crippen LogP) is 0.284. The SMILES string of the molecule is C=c1c(O)c(C(C)=O)c(=O)n(C)/c1=C/CCC. The standard InChI is InChI=1S/C13H17NO3/c1-5-6-7-10-8(2)12(16)11(9(3)15)13(17)14(10)4/h7,16H,2,5-6H2,1,3-4H3/b10-7+. The molecule has 0 amide bonds. The molecule has 1 rings (SSSR count). The summed E-state index contributed by atoms with van der Waals surface area (Å²) in [4.78, 5) is 23.2. The van der Waals surface area contributed by atoms with E-state index >= 15 is 0 Å². The highest BCUT2D eigenvalue weighted by atomic mass is 16.3. The van der Waals surface area contributed by atoms with Gasteiger partial charge in [0.2, 0.25) is 0 Å². The second kappa shape index (κ2) is 4.99. The summed E-state index contributed by atoms with van der Waals surface area (Å²) in [5.74, 6) is -0.752. The summed E-state index contributed by atoms with van der Waals surface area (Å²) in [6.07, 6.45) is 3.56. The van der Waals surface area contributed by atoms with E-state index in [1.54, 1.807) is 7.05 Å². The molecule has 0 aliphatic rings. The first-order chi connectivity index (χ1) is 7.91. The van der Waals surface area contributed by atoms with Crippen LogP contribution in [0.3, 0.4) is 0 Å². The maximum absolute atomic E-state index is 11.9. The van der Waals surface area contributed by atoms with Crippen molar-refractivity contribution in [3.63, 3.8) is 0 Å². The lowest BCUT2D eigenvalue weighted by atomic mass is 10.1. The lowest BCUT2D eigenvalue weighted by molar-refractivity contribution is 0.101. The van der Waals surface area contributed by atoms with Gasteiger partial charge in [-0.2, -0.15) is 0 Å². The summed E-state index contributed by atoms with van der Waals surface area (Å²) in [7, 11) is 1.57. The normalized spacial score (nSPS) is 11.8. The van der Waals surface area contributed by atoms with Crippen molar-refractivity contribution in [2.24, 2.45) is 7.05 Å². The molecule has 0 bridgehead atoms. The summed E-state index contributed by atoms with van der Waals surface area (Å²) >= 11 is 0. The van der Waals surface area contributed by atoms with Gasteiger partial charge in [0, 0.05) is 17.6 Å². The highest BCUT2D eigenvalue weighted by Gasteiger charge is 2.15. The smallest absolute Gasteiger partial charge is 0.265 e. The average Bonchev–Trinajstić information content (AvgIpc) is 2.26. The van der Waals surface area contributed by atoms with Gasteiger partial charge in [-0.1, -0.05) is 26.0 Å². The molecule has 1 heterocycles. The predicted molar refractivity (Wildman–Crippen MR) is 67.5 cm³/mol. The van der Waals surface area contributed by atoms with Crippen LogP contribution < -0.4 is 16.1 Å². The van der Waals surface area contributed by atoms with Gasteiger partial charge >= 0.3 is 0 Å². The molecule has 0 spiro atoms. The largest absolute Gasteiger partial charge is 0.506 e. The van der Waals surface area contributed by atoms with Gasteiger partial charge in [0.05, 0.1) is 0 Å². The molecule has 1 N–H and O–H groups in total. The Kier molecular flexibility index (Phi) is 3.89. The maximum Gasteiger partial charge on any atom is 0.265 e. The zero-order valence-electron chi connectivity index (χ0n) is 10.4. The van der Waals surface area contributed by atoms with Gasteiger partial charge in [0.1, 0.15) is 11.3 Å². The van der Waals surface area contributed by atoms with Gasteiger partial charge in [-0.25, -0.2) is 0 Å². The fourth-order valence-corrected chi connectivity index (χ4v) is 1.71. The zero-order valence-corrected chi connectivity index (χ0v) is 10.4. The minimum atomic E-state index is -0.482. The summed E-state index contributed by atoms with van der Waals surface area (Å²) in [6.45, 7) is 7.00. The Labute approximate surface area is 99.5 Å². The molecule has 1 aromatic rings. The van der Waals surface area contributed by atoms with Crippen molar-refractivity contribution in [3.8, 4) is 5.75 Å². The van der Waals surface area contributed by atoms with Crippen LogP contribution >= 0.6 is 0 Å². The number of pyridine rings is 1. The number of aromatic nitrogens is 1. The average molecular weight is 235 g/mol. The lowest BCUT2D eigenvalue weighted by Crippen LogP contribution is -2.43. The van der Waals surface area contributed by atoms with Gasteiger partial charge in [-0.15, -0.1) is 0 Å². The molecule has 0 saturated carbocycles. The number of rotatable bonds is 3. The third-order valence-electron chi connectivity index (χ3n) is 2.69. The number of Topliss-reactive ketones (excluding diaryl/α,β-unsaturated/α-hetero) is 1. The number of hydrogen-bond acceptors (Lipinski definition) is 3. The van der Waals surface area contributed by atoms with Crippen molar-refractivity contribution in [3.05, 3.63) is 26.5 Å². The monoisotopic (exact) mass is 235 g/mol. The van der Waals surface area contributed by atoms with E-state index in [1.807, 2.05) is 13.0 Å². The van der Waals surface area contributed by atoms with Crippen molar-refractivity contribution in [1.29, 1.82) is 0 Å². The molecular weight excluding hydrogens is 218 g/mol. The van der Waals surface area contributed by atoms with E-state index in [0.29, 0.717) is 10.6 Å². The first kappa shape index (κ1) is 13.2. The molecule has 0 atom stereocenters. The van der Waals surface area contributed by atoms with Crippen LogP contribution in [0.1, 0.15) is 37.0 Å². The van der Waals surface area contributed by atoms with Crippen LogP contribution in [0.4, 0.5) is 0 Å². The van der Waals surface area contributed by atoms with Gasteiger partial charge in [-0.3, -0.25) is 9.59 Å². The van der Waals surface area contributed by atoms with Crippen LogP contribution in [0.15, 0.2) is 4.79 Å². The molecule has 0 radical (unpaired) electrons. The van der Waals surface area contributed by atoms with Crippen molar-refractivity contribution < 1.29 is 9.90 Å². The molecule has 92 valence electrons. The molecule has 1 aromatic heterocycles. The number of aromatic hydroxyl groups is 1. The fraction of sp³-hybridized carbons (Fsp3) is 0.385. The van der Waals surface area contributed by atoms with Crippen molar-refractivity contribution in [2.45, 2.75) is 26.7 Å². The Bertz CT molecular complexity index is 611. The van der Waals surface area contributed by atoms with Crippen molar-refractivity contribution in [2.75, 3.05) is 0 Å². The van der Waals surface area contributed by atoms with Crippen LogP contribution in [0.25, 0.3) is 12.7 Å². The number of unbranched alkanes of at least 4 members (excludes halogenated alkanes) is 1. The Balaban J connectivity index is 3.78. The van der Waals surface area contributed by atoms with Crippen LogP contribution in [0.5, 0.6) is 5.75 Å². The van der Waals surface area contributed by atoms with Crippen LogP contribution in [0, 0.1) is 0 Å². The third-order valence-corrected chi connectivity index (χ3v) is 2.69. The maximum atomic E-state index is 11.9. The van der Waals surface area contributed by atoms with E-state index in [0.717, 1.165) is 12.8 Å². The number of nitrogens with zero attached hydrogens (tertiary/aromatic N) is 1. The molecule has 4 nitrogen and oxygen atoms in total. The van der Waals surface area contributed by atoms with Crippen LogP contribution in [0.2, 0.25) is 0 Å². The molecule has 0 aliphatic carbocycles. The minimum absolute atomic E-state index is 0.189. The molecular formula is C13H17NO3. The topological polar surface area (TPSA) is 59.3 Å². The van der Waals surface area contributed by atoms with E-state index < -0.39 is 11.3 Å². The number of hydrogen-bond donors (Lipinski definition) is 1. The first-order valence-corrected chi connectivity index (χ1v) is 5.53. The van der Waals surface area contributed by atoms with E-state index in [-0.39, 0.29) is 11.3 Å². The number of carbonyl (C=O) groups is 1. The lowest BCUT2D eigenvalue weighted by Gasteiger charge is -2.06. The molecule has 0 aliphatic heterocycles. The Hall–Kier alpha value is -1.84. The first-order valence-electron chi connectivity index (χ1n) is 5.53. The van der Waals surface area contributed by atoms with E-state index in [9.17, 15) is 14.7 Å². The quantitative estimate of drug-likeness (QED) is 0.766. The summed E-state index contributed by atoms with van der Waals surface area (Å²) in [5.41, 5.74) is -0.670. The zero-order chi connectivity index (χ0) is 13.2. The van der Waals surface area contributed by atoms with Gasteiger partial charge in [0.25, 0.3) is 5.56 Å². The Morgan fingerprint density at radius 3 is 2.59 bits per heavy atom.